The molecule has 28 heavy (non-hydrogen) atoms. The van der Waals surface area contributed by atoms with Crippen molar-refractivity contribution in [2.24, 2.45) is 17.3 Å². The molecular weight excluding hydrogens is 346 g/mol. The Morgan fingerprint density at radius 3 is 2.93 bits per heavy atom. The lowest BCUT2D eigenvalue weighted by Gasteiger charge is -2.34. The molecule has 4 rings (SSSR count). The number of hydrogen-bond donors (Lipinski definition) is 1. The fourth-order valence-corrected chi connectivity index (χ4v) is 5.81. The molecule has 0 amide bonds. The van der Waals surface area contributed by atoms with E-state index in [9.17, 15) is 9.90 Å². The van der Waals surface area contributed by atoms with Crippen molar-refractivity contribution in [3.05, 3.63) is 53.1 Å². The van der Waals surface area contributed by atoms with E-state index in [1.807, 2.05) is 18.2 Å². The molecule has 5 atom stereocenters. The fourth-order valence-electron chi connectivity index (χ4n) is 5.81. The maximum Gasteiger partial charge on any atom is 0.115 e. The van der Waals surface area contributed by atoms with E-state index in [1.54, 1.807) is 6.07 Å². The van der Waals surface area contributed by atoms with Gasteiger partial charge in [0.05, 0.1) is 6.29 Å². The second kappa shape index (κ2) is 7.51. The molecule has 1 N–H and O–H groups in total. The molecule has 2 aliphatic carbocycles. The molecule has 2 fully saturated rings. The largest absolute Gasteiger partial charge is 0.508 e. The molecule has 0 radical (unpaired) electrons. The van der Waals surface area contributed by atoms with Gasteiger partial charge in [-0.05, 0) is 80.5 Å². The Morgan fingerprint density at radius 2 is 2.18 bits per heavy atom. The molecule has 2 unspecified atom stereocenters. The van der Waals surface area contributed by atoms with Crippen LogP contribution in [-0.2, 0) is 4.79 Å². The summed E-state index contributed by atoms with van der Waals surface area (Å²) >= 11 is 0. The van der Waals surface area contributed by atoms with Gasteiger partial charge in [0.25, 0.3) is 0 Å². The van der Waals surface area contributed by atoms with Gasteiger partial charge in [-0.25, -0.2) is 0 Å². The van der Waals surface area contributed by atoms with Crippen molar-refractivity contribution in [3.63, 3.8) is 0 Å². The lowest BCUT2D eigenvalue weighted by Crippen LogP contribution is -2.33. The van der Waals surface area contributed by atoms with Crippen LogP contribution in [0.15, 0.2) is 47.6 Å². The number of carbonyl (C=O) groups excluding carboxylic acids is 1. The summed E-state index contributed by atoms with van der Waals surface area (Å²) in [7, 11) is 2.26. The zero-order valence-electron chi connectivity index (χ0n) is 17.3. The number of phenolic OH excluding ortho intramolecular Hbond substituents is 1. The summed E-state index contributed by atoms with van der Waals surface area (Å²) in [5.74, 6) is 2.03. The Kier molecular flexibility index (Phi) is 5.22. The molecular formula is C25H32NO2-. The molecule has 1 saturated heterocycles. The van der Waals surface area contributed by atoms with Gasteiger partial charge in [0, 0.05) is 12.6 Å². The predicted octanol–water partition coefficient (Wildman–Crippen LogP) is 4.99. The highest BCUT2D eigenvalue weighted by Gasteiger charge is 2.59. The molecule has 1 aliphatic heterocycles. The van der Waals surface area contributed by atoms with Gasteiger partial charge in [0.1, 0.15) is 5.75 Å². The monoisotopic (exact) mass is 378 g/mol. The summed E-state index contributed by atoms with van der Waals surface area (Å²) in [6.07, 6.45) is 11.7. The van der Waals surface area contributed by atoms with Crippen molar-refractivity contribution in [1.29, 1.82) is 0 Å². The summed E-state index contributed by atoms with van der Waals surface area (Å²) in [4.78, 5) is 13.8. The highest BCUT2D eigenvalue weighted by atomic mass is 16.3. The number of phenols is 1. The van der Waals surface area contributed by atoms with Crippen LogP contribution in [0.3, 0.4) is 0 Å². The van der Waals surface area contributed by atoms with Gasteiger partial charge in [-0.2, -0.15) is 17.7 Å². The second-order valence-corrected chi connectivity index (χ2v) is 9.43. The van der Waals surface area contributed by atoms with Crippen LogP contribution >= 0.6 is 0 Å². The first-order chi connectivity index (χ1) is 13.4. The van der Waals surface area contributed by atoms with Crippen molar-refractivity contribution in [1.82, 2.24) is 4.90 Å². The SMILES string of the molecule is C[C@@H]1CC2CC2(C[C@H](C2=CC([C-]=O)=CCC2)c2cccc(O)c2)[C@@H](C)CN1C. The molecule has 1 heterocycles. The Balaban J connectivity index is 1.68. The quantitative estimate of drug-likeness (QED) is 0.734. The summed E-state index contributed by atoms with van der Waals surface area (Å²) in [6.45, 7) is 5.93. The highest BCUT2D eigenvalue weighted by Crippen LogP contribution is 2.66. The van der Waals surface area contributed by atoms with Crippen LogP contribution < -0.4 is 0 Å². The first kappa shape index (κ1) is 19.4. The summed E-state index contributed by atoms with van der Waals surface area (Å²) in [5, 5.41) is 10.1. The minimum Gasteiger partial charge on any atom is -0.508 e. The highest BCUT2D eigenvalue weighted by molar-refractivity contribution is 5.79. The van der Waals surface area contributed by atoms with Gasteiger partial charge in [0.15, 0.2) is 0 Å². The predicted molar refractivity (Wildman–Crippen MR) is 113 cm³/mol. The number of benzene rings is 1. The molecule has 1 aromatic rings. The molecule has 0 aromatic heterocycles. The van der Waals surface area contributed by atoms with Crippen molar-refractivity contribution >= 4 is 6.29 Å². The maximum atomic E-state index is 11.3. The van der Waals surface area contributed by atoms with Crippen LogP contribution in [0.2, 0.25) is 0 Å². The molecule has 1 saturated carbocycles. The number of allylic oxidation sites excluding steroid dienone is 4. The first-order valence-electron chi connectivity index (χ1n) is 10.7. The van der Waals surface area contributed by atoms with Crippen LogP contribution in [-0.4, -0.2) is 35.9 Å². The topological polar surface area (TPSA) is 40.5 Å². The molecule has 1 aromatic carbocycles. The molecule has 3 nitrogen and oxygen atoms in total. The van der Waals surface area contributed by atoms with Gasteiger partial charge in [-0.3, -0.25) is 0 Å². The normalized spacial score (nSPS) is 33.9. The van der Waals surface area contributed by atoms with E-state index in [1.165, 1.54) is 24.0 Å². The maximum absolute atomic E-state index is 11.3. The average Bonchev–Trinajstić information content (AvgIpc) is 3.40. The van der Waals surface area contributed by atoms with E-state index in [0.29, 0.717) is 28.7 Å². The first-order valence-corrected chi connectivity index (χ1v) is 10.7. The van der Waals surface area contributed by atoms with Crippen LogP contribution in [0.5, 0.6) is 5.75 Å². The van der Waals surface area contributed by atoms with E-state index in [0.717, 1.165) is 31.7 Å². The van der Waals surface area contributed by atoms with Crippen LogP contribution in [0.25, 0.3) is 0 Å². The van der Waals surface area contributed by atoms with Crippen molar-refractivity contribution < 1.29 is 9.90 Å². The van der Waals surface area contributed by atoms with Gasteiger partial charge < -0.3 is 14.8 Å². The second-order valence-electron chi connectivity index (χ2n) is 9.43. The molecule has 0 spiro atoms. The Labute approximate surface area is 169 Å². The minimum atomic E-state index is 0.260. The third kappa shape index (κ3) is 3.57. The van der Waals surface area contributed by atoms with Gasteiger partial charge in [-0.15, -0.1) is 5.57 Å². The van der Waals surface area contributed by atoms with Crippen molar-refractivity contribution in [2.45, 2.75) is 57.9 Å². The Morgan fingerprint density at radius 1 is 1.36 bits per heavy atom. The van der Waals surface area contributed by atoms with E-state index in [4.69, 9.17) is 0 Å². The zero-order chi connectivity index (χ0) is 19.9. The smallest absolute Gasteiger partial charge is 0.115 e. The zero-order valence-corrected chi connectivity index (χ0v) is 17.3. The number of hydrogen-bond acceptors (Lipinski definition) is 3. The number of nitrogens with zero attached hydrogens (tertiary/aromatic N) is 1. The third-order valence-electron chi connectivity index (χ3n) is 7.76. The van der Waals surface area contributed by atoms with Crippen LogP contribution in [0, 0.1) is 17.3 Å². The number of fused-ring (bicyclic) bond motifs is 1. The Bertz CT molecular complexity index is 809. The van der Waals surface area contributed by atoms with Gasteiger partial charge >= 0.3 is 0 Å². The van der Waals surface area contributed by atoms with Gasteiger partial charge in [0.2, 0.25) is 0 Å². The standard InChI is InChI=1S/C25H32NO2/c1-17-15-26(3)18(2)10-22-13-25(17,22)14-24(21-8-5-9-23(28)12-21)20-7-4-6-19(11-20)16-27/h5-6,8-9,11-12,17-18,22,24,28H,4,7,10,13-15H2,1-3H3/q-1/t17-,18+,22?,24+,25?/m0/s1. The summed E-state index contributed by atoms with van der Waals surface area (Å²) < 4.78 is 0. The average molecular weight is 379 g/mol. The summed E-state index contributed by atoms with van der Waals surface area (Å²) in [5.41, 5.74) is 3.56. The number of rotatable bonds is 5. The lowest BCUT2D eigenvalue weighted by molar-refractivity contribution is 0.197. The van der Waals surface area contributed by atoms with E-state index in [-0.39, 0.29) is 5.92 Å². The fraction of sp³-hybridized carbons (Fsp3) is 0.560. The minimum absolute atomic E-state index is 0.260. The van der Waals surface area contributed by atoms with Crippen LogP contribution in [0.4, 0.5) is 0 Å². The molecule has 3 aliphatic rings. The molecule has 3 heteroatoms. The molecule has 0 bridgehead atoms. The Hall–Kier alpha value is -1.87. The van der Waals surface area contributed by atoms with Crippen molar-refractivity contribution in [2.75, 3.05) is 13.6 Å². The lowest BCUT2D eigenvalue weighted by atomic mass is 9.73. The van der Waals surface area contributed by atoms with Gasteiger partial charge in [-0.1, -0.05) is 25.5 Å². The molecule has 150 valence electrons. The van der Waals surface area contributed by atoms with Crippen molar-refractivity contribution in [3.8, 4) is 5.75 Å². The third-order valence-corrected chi connectivity index (χ3v) is 7.76. The van der Waals surface area contributed by atoms with E-state index in [2.05, 4.69) is 44.2 Å². The van der Waals surface area contributed by atoms with E-state index >= 15 is 0 Å². The van der Waals surface area contributed by atoms with Crippen LogP contribution in [0.1, 0.15) is 57.4 Å². The van der Waals surface area contributed by atoms with E-state index < -0.39 is 0 Å². The summed E-state index contributed by atoms with van der Waals surface area (Å²) in [6, 6.07) is 8.38. The number of aromatic hydroxyl groups is 1. The number of likely N-dealkylation sites (tertiary alicyclic amines) is 1.